The van der Waals surface area contributed by atoms with Gasteiger partial charge in [0.1, 0.15) is 17.2 Å². The summed E-state index contributed by atoms with van der Waals surface area (Å²) in [7, 11) is 0. The number of nitrogen functional groups attached to an aromatic ring is 1. The van der Waals surface area contributed by atoms with Crippen LogP contribution in [0.5, 0.6) is 0 Å². The fraction of sp³-hybridized carbons (Fsp3) is 0.615. The number of likely N-dealkylation sites (tertiary alicyclic amines) is 1. The Labute approximate surface area is 117 Å². The molecule has 0 unspecified atom stereocenters. The van der Waals surface area contributed by atoms with Crippen LogP contribution in [0, 0.1) is 11.3 Å². The maximum Gasteiger partial charge on any atom is 0.410 e. The number of amides is 1. The molecular weight excluding hydrogens is 258 g/mol. The SMILES string of the molecule is CC(C)(C)OC(=O)N1CC[C@@H](n2cc(C#N)c(N)n2)C1. The van der Waals surface area contributed by atoms with Crippen LogP contribution in [0.15, 0.2) is 6.20 Å². The minimum atomic E-state index is -0.501. The molecule has 7 nitrogen and oxygen atoms in total. The number of carbonyl (C=O) groups excluding carboxylic acids is 1. The molecule has 1 amide bonds. The number of ether oxygens (including phenoxy) is 1. The van der Waals surface area contributed by atoms with Gasteiger partial charge in [0, 0.05) is 19.3 Å². The van der Waals surface area contributed by atoms with Crippen molar-refractivity contribution >= 4 is 11.9 Å². The molecule has 1 aliphatic rings. The van der Waals surface area contributed by atoms with Crippen molar-refractivity contribution in [2.45, 2.75) is 38.8 Å². The van der Waals surface area contributed by atoms with Gasteiger partial charge in [0.25, 0.3) is 0 Å². The topological polar surface area (TPSA) is 97.2 Å². The number of aromatic nitrogens is 2. The zero-order valence-corrected chi connectivity index (χ0v) is 12.0. The van der Waals surface area contributed by atoms with Gasteiger partial charge in [0.2, 0.25) is 0 Å². The Morgan fingerprint density at radius 3 is 2.85 bits per heavy atom. The minimum absolute atomic E-state index is 0.0342. The van der Waals surface area contributed by atoms with Crippen LogP contribution < -0.4 is 5.73 Å². The summed E-state index contributed by atoms with van der Waals surface area (Å²) in [5.41, 5.74) is 5.50. The predicted octanol–water partition coefficient (Wildman–Crippen LogP) is 1.52. The Balaban J connectivity index is 2.02. The zero-order valence-electron chi connectivity index (χ0n) is 12.0. The van der Waals surface area contributed by atoms with Gasteiger partial charge in [-0.25, -0.2) is 4.79 Å². The van der Waals surface area contributed by atoms with E-state index in [2.05, 4.69) is 5.10 Å². The Morgan fingerprint density at radius 2 is 2.30 bits per heavy atom. The molecule has 1 saturated heterocycles. The van der Waals surface area contributed by atoms with Gasteiger partial charge in [-0.3, -0.25) is 4.68 Å². The number of nitrogens with two attached hydrogens (primary N) is 1. The molecule has 0 aliphatic carbocycles. The van der Waals surface area contributed by atoms with Crippen molar-refractivity contribution in [3.05, 3.63) is 11.8 Å². The van der Waals surface area contributed by atoms with Gasteiger partial charge in [-0.05, 0) is 27.2 Å². The van der Waals surface area contributed by atoms with E-state index in [1.807, 2.05) is 26.8 Å². The third-order valence-corrected chi connectivity index (χ3v) is 3.07. The molecule has 1 aromatic rings. The molecule has 0 aromatic carbocycles. The monoisotopic (exact) mass is 277 g/mol. The highest BCUT2D eigenvalue weighted by Crippen LogP contribution is 2.24. The van der Waals surface area contributed by atoms with Crippen LogP contribution in [-0.4, -0.2) is 39.5 Å². The van der Waals surface area contributed by atoms with Gasteiger partial charge in [0.05, 0.1) is 6.04 Å². The smallest absolute Gasteiger partial charge is 0.410 e. The lowest BCUT2D eigenvalue weighted by atomic mass is 10.2. The van der Waals surface area contributed by atoms with E-state index in [9.17, 15) is 4.79 Å². The third kappa shape index (κ3) is 3.02. The van der Waals surface area contributed by atoms with Crippen molar-refractivity contribution in [2.75, 3.05) is 18.8 Å². The summed E-state index contributed by atoms with van der Waals surface area (Å²) in [5.74, 6) is 0.225. The average molecular weight is 277 g/mol. The maximum absolute atomic E-state index is 12.0. The van der Waals surface area contributed by atoms with Crippen molar-refractivity contribution in [1.29, 1.82) is 5.26 Å². The van der Waals surface area contributed by atoms with E-state index in [-0.39, 0.29) is 18.0 Å². The largest absolute Gasteiger partial charge is 0.444 e. The molecule has 0 radical (unpaired) electrons. The van der Waals surface area contributed by atoms with E-state index in [1.165, 1.54) is 0 Å². The van der Waals surface area contributed by atoms with E-state index < -0.39 is 5.60 Å². The number of nitriles is 1. The lowest BCUT2D eigenvalue weighted by Crippen LogP contribution is -2.35. The summed E-state index contributed by atoms with van der Waals surface area (Å²) in [6.07, 6.45) is 2.07. The number of anilines is 1. The first kappa shape index (κ1) is 14.2. The molecule has 20 heavy (non-hydrogen) atoms. The number of rotatable bonds is 1. The molecule has 1 aliphatic heterocycles. The summed E-state index contributed by atoms with van der Waals surface area (Å²) in [6, 6.07) is 2.02. The second-order valence-corrected chi connectivity index (χ2v) is 5.89. The zero-order chi connectivity index (χ0) is 14.9. The van der Waals surface area contributed by atoms with E-state index in [0.717, 1.165) is 6.42 Å². The van der Waals surface area contributed by atoms with Crippen LogP contribution >= 0.6 is 0 Å². The molecule has 2 heterocycles. The lowest BCUT2D eigenvalue weighted by Gasteiger charge is -2.24. The van der Waals surface area contributed by atoms with Crippen molar-refractivity contribution in [3.63, 3.8) is 0 Å². The molecule has 0 bridgehead atoms. The van der Waals surface area contributed by atoms with Crippen molar-refractivity contribution < 1.29 is 9.53 Å². The van der Waals surface area contributed by atoms with Crippen LogP contribution in [-0.2, 0) is 4.74 Å². The second-order valence-electron chi connectivity index (χ2n) is 5.89. The number of hydrogen-bond donors (Lipinski definition) is 1. The average Bonchev–Trinajstić information content (AvgIpc) is 2.92. The standard InChI is InChI=1S/C13H19N5O2/c1-13(2,3)20-12(19)17-5-4-10(8-17)18-7-9(6-14)11(15)16-18/h7,10H,4-5,8H2,1-3H3,(H2,15,16)/t10-/m1/s1. The highest BCUT2D eigenvalue weighted by atomic mass is 16.6. The van der Waals surface area contributed by atoms with Crippen LogP contribution in [0.4, 0.5) is 10.6 Å². The molecule has 2 rings (SSSR count). The molecule has 1 aromatic heterocycles. The molecule has 2 N–H and O–H groups in total. The number of carbonyl (C=O) groups is 1. The maximum atomic E-state index is 12.0. The highest BCUT2D eigenvalue weighted by molar-refractivity contribution is 5.68. The van der Waals surface area contributed by atoms with Gasteiger partial charge in [-0.1, -0.05) is 0 Å². The van der Waals surface area contributed by atoms with Crippen LogP contribution in [0.25, 0.3) is 0 Å². The fourth-order valence-electron chi connectivity index (χ4n) is 2.13. The Bertz CT molecular complexity index is 552. The summed E-state index contributed by atoms with van der Waals surface area (Å²) >= 11 is 0. The lowest BCUT2D eigenvalue weighted by molar-refractivity contribution is 0.0288. The molecule has 0 spiro atoms. The second kappa shape index (κ2) is 5.04. The Morgan fingerprint density at radius 1 is 1.60 bits per heavy atom. The normalized spacial score (nSPS) is 18.9. The quantitative estimate of drug-likeness (QED) is 0.839. The van der Waals surface area contributed by atoms with Gasteiger partial charge in [-0.2, -0.15) is 10.4 Å². The summed E-state index contributed by atoms with van der Waals surface area (Å²) in [5, 5.41) is 13.0. The molecular formula is C13H19N5O2. The van der Waals surface area contributed by atoms with Crippen LogP contribution in [0.1, 0.15) is 38.8 Å². The van der Waals surface area contributed by atoms with Gasteiger partial charge in [-0.15, -0.1) is 0 Å². The summed E-state index contributed by atoms with van der Waals surface area (Å²) in [4.78, 5) is 13.6. The molecule has 1 fully saturated rings. The first-order chi connectivity index (χ1) is 9.30. The number of nitrogens with zero attached hydrogens (tertiary/aromatic N) is 4. The van der Waals surface area contributed by atoms with E-state index >= 15 is 0 Å². The molecule has 1 atom stereocenters. The molecule has 7 heteroatoms. The first-order valence-corrected chi connectivity index (χ1v) is 6.53. The van der Waals surface area contributed by atoms with Crippen molar-refractivity contribution in [3.8, 4) is 6.07 Å². The Hall–Kier alpha value is -2.23. The van der Waals surface area contributed by atoms with Crippen LogP contribution in [0.2, 0.25) is 0 Å². The van der Waals surface area contributed by atoms with Crippen molar-refractivity contribution in [1.82, 2.24) is 14.7 Å². The van der Waals surface area contributed by atoms with E-state index in [0.29, 0.717) is 18.7 Å². The first-order valence-electron chi connectivity index (χ1n) is 6.53. The van der Waals surface area contributed by atoms with E-state index in [1.54, 1.807) is 15.8 Å². The molecule has 108 valence electrons. The number of hydrogen-bond acceptors (Lipinski definition) is 5. The van der Waals surface area contributed by atoms with Gasteiger partial charge >= 0.3 is 6.09 Å². The molecule has 0 saturated carbocycles. The predicted molar refractivity (Wildman–Crippen MR) is 72.8 cm³/mol. The minimum Gasteiger partial charge on any atom is -0.444 e. The third-order valence-electron chi connectivity index (χ3n) is 3.07. The highest BCUT2D eigenvalue weighted by Gasteiger charge is 2.31. The van der Waals surface area contributed by atoms with Crippen LogP contribution in [0.3, 0.4) is 0 Å². The summed E-state index contributed by atoms with van der Waals surface area (Å²) in [6.45, 7) is 6.64. The van der Waals surface area contributed by atoms with Gasteiger partial charge < -0.3 is 15.4 Å². The van der Waals surface area contributed by atoms with Crippen molar-refractivity contribution in [2.24, 2.45) is 0 Å². The van der Waals surface area contributed by atoms with Gasteiger partial charge in [0.15, 0.2) is 5.82 Å². The Kier molecular flexibility index (Phi) is 3.57. The summed E-state index contributed by atoms with van der Waals surface area (Å²) < 4.78 is 7.00. The fourth-order valence-corrected chi connectivity index (χ4v) is 2.13. The van der Waals surface area contributed by atoms with E-state index in [4.69, 9.17) is 15.7 Å².